The zero-order valence-electron chi connectivity index (χ0n) is 9.41. The average molecular weight is 323 g/mol. The van der Waals surface area contributed by atoms with E-state index in [-0.39, 0.29) is 21.7 Å². The Morgan fingerprint density at radius 3 is 2.47 bits per heavy atom. The number of halogens is 2. The lowest BCUT2D eigenvalue weighted by molar-refractivity contribution is -0.108. The molecule has 0 aromatic heterocycles. The zero-order valence-corrected chi connectivity index (χ0v) is 11.8. The molecular formula is C11H12BrFO3S. The molecule has 1 rings (SSSR count). The quantitative estimate of drug-likeness (QED) is 0.801. The highest BCUT2D eigenvalue weighted by atomic mass is 79.9. The Kier molecular flexibility index (Phi) is 4.43. The van der Waals surface area contributed by atoms with Gasteiger partial charge in [0.15, 0.2) is 9.84 Å². The summed E-state index contributed by atoms with van der Waals surface area (Å²) in [6.45, 7) is 1.77. The van der Waals surface area contributed by atoms with Crippen molar-refractivity contribution in [1.82, 2.24) is 0 Å². The summed E-state index contributed by atoms with van der Waals surface area (Å²) in [7, 11) is -3.61. The van der Waals surface area contributed by atoms with Crippen molar-refractivity contribution >= 4 is 32.1 Å². The molecule has 0 saturated heterocycles. The summed E-state index contributed by atoms with van der Waals surface area (Å²) in [4.78, 5) is 10.0. The first-order valence-electron chi connectivity index (χ1n) is 4.90. The zero-order chi connectivity index (χ0) is 13.2. The summed E-state index contributed by atoms with van der Waals surface area (Å²) >= 11 is 3.05. The van der Waals surface area contributed by atoms with E-state index in [2.05, 4.69) is 15.9 Å². The highest BCUT2D eigenvalue weighted by molar-refractivity contribution is 9.10. The molecule has 3 nitrogen and oxygen atoms in total. The van der Waals surface area contributed by atoms with Crippen molar-refractivity contribution in [2.45, 2.75) is 24.2 Å². The molecule has 0 amide bonds. The predicted octanol–water partition coefficient (Wildman–Crippen LogP) is 2.68. The SMILES string of the molecule is CC(CC=O)c1cc(F)c(S(C)(=O)=O)c(Br)c1. The third kappa shape index (κ3) is 3.35. The summed E-state index contributed by atoms with van der Waals surface area (Å²) in [5, 5.41) is 0. The monoisotopic (exact) mass is 322 g/mol. The van der Waals surface area contributed by atoms with Gasteiger partial charge in [0.25, 0.3) is 0 Å². The maximum Gasteiger partial charge on any atom is 0.179 e. The van der Waals surface area contributed by atoms with Crippen molar-refractivity contribution in [3.63, 3.8) is 0 Å². The Hall–Kier alpha value is -0.750. The second kappa shape index (κ2) is 5.27. The van der Waals surface area contributed by atoms with Crippen LogP contribution >= 0.6 is 15.9 Å². The maximum absolute atomic E-state index is 13.7. The Morgan fingerprint density at radius 2 is 2.06 bits per heavy atom. The van der Waals surface area contributed by atoms with E-state index in [1.165, 1.54) is 6.07 Å². The molecule has 0 aliphatic rings. The molecule has 0 radical (unpaired) electrons. The van der Waals surface area contributed by atoms with Crippen LogP contribution in [0.25, 0.3) is 0 Å². The predicted molar refractivity (Wildman–Crippen MR) is 66.3 cm³/mol. The van der Waals surface area contributed by atoms with E-state index >= 15 is 0 Å². The van der Waals surface area contributed by atoms with Crippen LogP contribution in [0.1, 0.15) is 24.8 Å². The van der Waals surface area contributed by atoms with Gasteiger partial charge in [0.2, 0.25) is 0 Å². The van der Waals surface area contributed by atoms with Crippen LogP contribution in [0, 0.1) is 5.82 Å². The van der Waals surface area contributed by atoms with E-state index in [4.69, 9.17) is 0 Å². The van der Waals surface area contributed by atoms with Crippen molar-refractivity contribution in [2.75, 3.05) is 6.26 Å². The minimum absolute atomic E-state index is 0.146. The van der Waals surface area contributed by atoms with Gasteiger partial charge in [-0.1, -0.05) is 6.92 Å². The van der Waals surface area contributed by atoms with Gasteiger partial charge in [-0.15, -0.1) is 0 Å². The Balaban J connectivity index is 3.33. The molecule has 17 heavy (non-hydrogen) atoms. The fourth-order valence-electron chi connectivity index (χ4n) is 1.50. The molecule has 6 heteroatoms. The van der Waals surface area contributed by atoms with Gasteiger partial charge in [0, 0.05) is 17.1 Å². The summed E-state index contributed by atoms with van der Waals surface area (Å²) in [6.07, 6.45) is 1.97. The minimum atomic E-state index is -3.61. The van der Waals surface area contributed by atoms with Crippen molar-refractivity contribution in [3.05, 3.63) is 28.0 Å². The standard InChI is InChI=1S/C11H12BrFO3S/c1-7(3-4-14)8-5-9(12)11(10(13)6-8)17(2,15)16/h4-7H,3H2,1-2H3. The molecule has 0 heterocycles. The molecule has 0 N–H and O–H groups in total. The number of hydrogen-bond acceptors (Lipinski definition) is 3. The van der Waals surface area contributed by atoms with Crippen molar-refractivity contribution in [1.29, 1.82) is 0 Å². The molecule has 0 saturated carbocycles. The lowest BCUT2D eigenvalue weighted by atomic mass is 9.98. The third-order valence-corrected chi connectivity index (χ3v) is 4.45. The topological polar surface area (TPSA) is 51.2 Å². The third-order valence-electron chi connectivity index (χ3n) is 2.41. The van der Waals surface area contributed by atoms with Crippen LogP contribution in [0.5, 0.6) is 0 Å². The highest BCUT2D eigenvalue weighted by Crippen LogP contribution is 2.30. The number of sulfone groups is 1. The molecule has 1 aromatic rings. The maximum atomic E-state index is 13.7. The number of benzene rings is 1. The lowest BCUT2D eigenvalue weighted by Gasteiger charge is -2.11. The number of rotatable bonds is 4. The van der Waals surface area contributed by atoms with Crippen LogP contribution in [0.2, 0.25) is 0 Å². The lowest BCUT2D eigenvalue weighted by Crippen LogP contribution is -2.04. The molecule has 0 aliphatic carbocycles. The fraction of sp³-hybridized carbons (Fsp3) is 0.364. The van der Waals surface area contributed by atoms with Gasteiger partial charge in [-0.3, -0.25) is 0 Å². The van der Waals surface area contributed by atoms with Crippen LogP contribution in [-0.2, 0) is 14.6 Å². The molecule has 0 bridgehead atoms. The molecular weight excluding hydrogens is 311 g/mol. The second-order valence-corrected chi connectivity index (χ2v) is 6.70. The molecule has 1 atom stereocenters. The van der Waals surface area contributed by atoms with E-state index in [0.29, 0.717) is 5.56 Å². The average Bonchev–Trinajstić information content (AvgIpc) is 2.14. The molecule has 94 valence electrons. The van der Waals surface area contributed by atoms with E-state index < -0.39 is 15.7 Å². The smallest absolute Gasteiger partial charge is 0.179 e. The minimum Gasteiger partial charge on any atom is -0.303 e. The van der Waals surface area contributed by atoms with Crippen LogP contribution in [0.3, 0.4) is 0 Å². The number of carbonyl (C=O) groups is 1. The van der Waals surface area contributed by atoms with Crippen LogP contribution < -0.4 is 0 Å². The van der Waals surface area contributed by atoms with Gasteiger partial charge in [0.05, 0.1) is 0 Å². The first-order chi connectivity index (χ1) is 7.77. The van der Waals surface area contributed by atoms with Gasteiger partial charge >= 0.3 is 0 Å². The summed E-state index contributed by atoms with van der Waals surface area (Å²) in [5.74, 6) is -0.943. The van der Waals surface area contributed by atoms with E-state index in [1.807, 2.05) is 0 Å². The van der Waals surface area contributed by atoms with Crippen LogP contribution in [0.4, 0.5) is 4.39 Å². The van der Waals surface area contributed by atoms with Gasteiger partial charge < -0.3 is 4.79 Å². The van der Waals surface area contributed by atoms with Gasteiger partial charge in [-0.25, -0.2) is 12.8 Å². The number of aldehydes is 1. The van der Waals surface area contributed by atoms with Crippen molar-refractivity contribution in [2.24, 2.45) is 0 Å². The molecule has 0 spiro atoms. The van der Waals surface area contributed by atoms with E-state index in [9.17, 15) is 17.6 Å². The number of hydrogen-bond donors (Lipinski definition) is 0. The first kappa shape index (κ1) is 14.3. The highest BCUT2D eigenvalue weighted by Gasteiger charge is 2.20. The summed E-state index contributed by atoms with van der Waals surface area (Å²) < 4.78 is 36.6. The second-order valence-electron chi connectivity index (χ2n) is 3.89. The van der Waals surface area contributed by atoms with Crippen molar-refractivity contribution in [3.8, 4) is 0 Å². The van der Waals surface area contributed by atoms with Gasteiger partial charge in [-0.2, -0.15) is 0 Å². The normalized spacial score (nSPS) is 13.4. The van der Waals surface area contributed by atoms with E-state index in [1.54, 1.807) is 6.92 Å². The Labute approximate surface area is 108 Å². The summed E-state index contributed by atoms with van der Waals surface area (Å²) in [6, 6.07) is 2.70. The first-order valence-corrected chi connectivity index (χ1v) is 7.58. The molecule has 1 unspecified atom stereocenters. The van der Waals surface area contributed by atoms with Crippen LogP contribution in [-0.4, -0.2) is 21.0 Å². The Bertz CT molecular complexity index is 517. The summed E-state index contributed by atoms with van der Waals surface area (Å²) in [5.41, 5.74) is 0.592. The number of carbonyl (C=O) groups excluding carboxylic acids is 1. The van der Waals surface area contributed by atoms with Gasteiger partial charge in [0.1, 0.15) is 17.0 Å². The van der Waals surface area contributed by atoms with Gasteiger partial charge in [-0.05, 0) is 39.5 Å². The molecule has 0 fully saturated rings. The largest absolute Gasteiger partial charge is 0.303 e. The van der Waals surface area contributed by atoms with Crippen molar-refractivity contribution < 1.29 is 17.6 Å². The van der Waals surface area contributed by atoms with E-state index in [0.717, 1.165) is 18.6 Å². The fourth-order valence-corrected chi connectivity index (χ4v) is 3.66. The molecule has 0 aliphatic heterocycles. The van der Waals surface area contributed by atoms with Crippen LogP contribution in [0.15, 0.2) is 21.5 Å². The molecule has 1 aromatic carbocycles. The Morgan fingerprint density at radius 1 is 1.47 bits per heavy atom.